The first-order valence-corrected chi connectivity index (χ1v) is 9.38. The molecule has 0 unspecified atom stereocenters. The Hall–Kier alpha value is -1.02. The van der Waals surface area contributed by atoms with Crippen molar-refractivity contribution in [2.75, 3.05) is 33.8 Å². The van der Waals surface area contributed by atoms with E-state index in [4.69, 9.17) is 4.74 Å². The molecule has 1 aromatic rings. The van der Waals surface area contributed by atoms with Crippen molar-refractivity contribution in [3.8, 4) is 5.75 Å². The van der Waals surface area contributed by atoms with Crippen LogP contribution in [0.1, 0.15) is 37.8 Å². The van der Waals surface area contributed by atoms with Gasteiger partial charge in [0.2, 0.25) is 0 Å². The molecule has 2 N–H and O–H groups in total. The highest BCUT2D eigenvalue weighted by molar-refractivity contribution is 14.0. The van der Waals surface area contributed by atoms with Crippen LogP contribution in [0.2, 0.25) is 0 Å². The molecule has 2 rings (SSSR count). The van der Waals surface area contributed by atoms with Crippen molar-refractivity contribution in [1.82, 2.24) is 15.5 Å². The van der Waals surface area contributed by atoms with Crippen LogP contribution in [0.25, 0.3) is 0 Å². The number of piperidine rings is 1. The Kier molecular flexibility index (Phi) is 10.3. The molecular weight excluding hydrogens is 439 g/mol. The summed E-state index contributed by atoms with van der Waals surface area (Å²) in [7, 11) is 3.56. The zero-order valence-electron chi connectivity index (χ0n) is 16.8. The van der Waals surface area contributed by atoms with E-state index in [-0.39, 0.29) is 24.0 Å². The Morgan fingerprint density at radius 2 is 2.00 bits per heavy atom. The third kappa shape index (κ3) is 6.95. The van der Waals surface area contributed by atoms with Gasteiger partial charge in [-0.25, -0.2) is 0 Å². The van der Waals surface area contributed by atoms with E-state index in [0.717, 1.165) is 37.8 Å². The fourth-order valence-electron chi connectivity index (χ4n) is 3.29. The SMILES string of the molecule is CN=C(NCCc1ccc(C)c(OC)c1)NC1CCN(C(C)C)CC1.I. The van der Waals surface area contributed by atoms with E-state index < -0.39 is 0 Å². The zero-order valence-corrected chi connectivity index (χ0v) is 19.2. The van der Waals surface area contributed by atoms with Gasteiger partial charge in [0, 0.05) is 38.8 Å². The number of nitrogens with one attached hydrogen (secondary N) is 2. The molecule has 0 spiro atoms. The lowest BCUT2D eigenvalue weighted by molar-refractivity contribution is 0.167. The van der Waals surface area contributed by atoms with Gasteiger partial charge >= 0.3 is 0 Å². The molecule has 0 aliphatic carbocycles. The van der Waals surface area contributed by atoms with Gasteiger partial charge in [-0.15, -0.1) is 24.0 Å². The van der Waals surface area contributed by atoms with Crippen molar-refractivity contribution in [2.24, 2.45) is 4.99 Å². The molecule has 1 saturated heterocycles. The van der Waals surface area contributed by atoms with E-state index in [2.05, 4.69) is 59.5 Å². The number of guanidine groups is 1. The number of benzene rings is 1. The average molecular weight is 474 g/mol. The number of halogens is 1. The number of hydrogen-bond donors (Lipinski definition) is 2. The largest absolute Gasteiger partial charge is 0.496 e. The minimum absolute atomic E-state index is 0. The highest BCUT2D eigenvalue weighted by atomic mass is 127. The lowest BCUT2D eigenvalue weighted by Gasteiger charge is -2.35. The molecule has 1 aliphatic heterocycles. The Bertz CT molecular complexity index is 569. The number of hydrogen-bond acceptors (Lipinski definition) is 3. The van der Waals surface area contributed by atoms with Crippen LogP contribution in [0.5, 0.6) is 5.75 Å². The molecule has 0 amide bonds. The lowest BCUT2D eigenvalue weighted by atomic mass is 10.0. The highest BCUT2D eigenvalue weighted by Gasteiger charge is 2.21. The summed E-state index contributed by atoms with van der Waals surface area (Å²) in [5.41, 5.74) is 2.44. The summed E-state index contributed by atoms with van der Waals surface area (Å²) < 4.78 is 5.40. The van der Waals surface area contributed by atoms with Gasteiger partial charge in [-0.05, 0) is 57.2 Å². The van der Waals surface area contributed by atoms with Gasteiger partial charge in [0.1, 0.15) is 5.75 Å². The summed E-state index contributed by atoms with van der Waals surface area (Å²) >= 11 is 0. The summed E-state index contributed by atoms with van der Waals surface area (Å²) in [6.45, 7) is 9.79. The van der Waals surface area contributed by atoms with Crippen molar-refractivity contribution >= 4 is 29.9 Å². The predicted octanol–water partition coefficient (Wildman–Crippen LogP) is 3.20. The normalized spacial score (nSPS) is 16.3. The minimum atomic E-state index is 0. The average Bonchev–Trinajstić information content (AvgIpc) is 2.62. The first-order chi connectivity index (χ1) is 12.0. The second-order valence-electron chi connectivity index (χ2n) is 7.10. The third-order valence-electron chi connectivity index (χ3n) is 5.00. The van der Waals surface area contributed by atoms with Crippen LogP contribution in [0, 0.1) is 6.92 Å². The Labute approximate surface area is 176 Å². The van der Waals surface area contributed by atoms with Crippen LogP contribution in [-0.2, 0) is 6.42 Å². The van der Waals surface area contributed by atoms with Gasteiger partial charge in [0.05, 0.1) is 7.11 Å². The van der Waals surface area contributed by atoms with Gasteiger partial charge in [-0.1, -0.05) is 12.1 Å². The van der Waals surface area contributed by atoms with Gasteiger partial charge in [0.15, 0.2) is 5.96 Å². The summed E-state index contributed by atoms with van der Waals surface area (Å²) in [5.74, 6) is 1.86. The second-order valence-corrected chi connectivity index (χ2v) is 7.10. The molecule has 148 valence electrons. The van der Waals surface area contributed by atoms with Crippen molar-refractivity contribution in [3.05, 3.63) is 29.3 Å². The number of aliphatic imine (C=N–C) groups is 1. The minimum Gasteiger partial charge on any atom is -0.496 e. The lowest BCUT2D eigenvalue weighted by Crippen LogP contribution is -2.50. The number of rotatable bonds is 6. The van der Waals surface area contributed by atoms with Crippen molar-refractivity contribution < 1.29 is 4.74 Å². The summed E-state index contributed by atoms with van der Waals surface area (Å²) in [6, 6.07) is 7.56. The third-order valence-corrected chi connectivity index (χ3v) is 5.00. The monoisotopic (exact) mass is 474 g/mol. The molecule has 1 aliphatic rings. The van der Waals surface area contributed by atoms with E-state index in [1.807, 2.05) is 7.05 Å². The van der Waals surface area contributed by atoms with E-state index in [1.165, 1.54) is 24.0 Å². The standard InChI is InChI=1S/C20H34N4O.HI/c1-15(2)24-12-9-18(10-13-24)23-20(21-4)22-11-8-17-7-6-16(3)19(14-17)25-5;/h6-7,14-15,18H,8-13H2,1-5H3,(H2,21,22,23);1H. The highest BCUT2D eigenvalue weighted by Crippen LogP contribution is 2.19. The molecule has 0 atom stereocenters. The number of ether oxygens (including phenoxy) is 1. The number of methoxy groups -OCH3 is 1. The quantitative estimate of drug-likeness (QED) is 0.378. The molecule has 26 heavy (non-hydrogen) atoms. The molecule has 0 saturated carbocycles. The first-order valence-electron chi connectivity index (χ1n) is 9.38. The van der Waals surface area contributed by atoms with Crippen molar-refractivity contribution in [3.63, 3.8) is 0 Å². The molecular formula is C20H35IN4O. The van der Waals surface area contributed by atoms with E-state index in [1.54, 1.807) is 7.11 Å². The maximum atomic E-state index is 5.40. The number of aryl methyl sites for hydroxylation is 1. The fraction of sp³-hybridized carbons (Fsp3) is 0.650. The zero-order chi connectivity index (χ0) is 18.2. The molecule has 1 heterocycles. The van der Waals surface area contributed by atoms with E-state index in [0.29, 0.717) is 12.1 Å². The summed E-state index contributed by atoms with van der Waals surface area (Å²) in [5, 5.41) is 7.01. The maximum Gasteiger partial charge on any atom is 0.191 e. The molecule has 6 heteroatoms. The van der Waals surface area contributed by atoms with Crippen LogP contribution in [0.4, 0.5) is 0 Å². The van der Waals surface area contributed by atoms with E-state index >= 15 is 0 Å². The van der Waals surface area contributed by atoms with Gasteiger partial charge < -0.3 is 20.3 Å². The number of likely N-dealkylation sites (tertiary alicyclic amines) is 1. The Morgan fingerprint density at radius 3 is 2.58 bits per heavy atom. The maximum absolute atomic E-state index is 5.40. The summed E-state index contributed by atoms with van der Waals surface area (Å²) in [6.07, 6.45) is 3.30. The van der Waals surface area contributed by atoms with Gasteiger partial charge in [-0.2, -0.15) is 0 Å². The summed E-state index contributed by atoms with van der Waals surface area (Å²) in [4.78, 5) is 6.91. The van der Waals surface area contributed by atoms with Crippen LogP contribution in [0.15, 0.2) is 23.2 Å². The van der Waals surface area contributed by atoms with Crippen LogP contribution < -0.4 is 15.4 Å². The Balaban J connectivity index is 0.00000338. The van der Waals surface area contributed by atoms with Crippen LogP contribution in [0.3, 0.4) is 0 Å². The van der Waals surface area contributed by atoms with E-state index in [9.17, 15) is 0 Å². The number of nitrogens with zero attached hydrogens (tertiary/aromatic N) is 2. The molecule has 1 fully saturated rings. The first kappa shape index (κ1) is 23.0. The van der Waals surface area contributed by atoms with Crippen molar-refractivity contribution in [2.45, 2.75) is 52.1 Å². The van der Waals surface area contributed by atoms with Gasteiger partial charge in [-0.3, -0.25) is 4.99 Å². The van der Waals surface area contributed by atoms with Crippen molar-refractivity contribution in [1.29, 1.82) is 0 Å². The molecule has 5 nitrogen and oxygen atoms in total. The molecule has 0 radical (unpaired) electrons. The van der Waals surface area contributed by atoms with Crippen LogP contribution in [-0.4, -0.2) is 56.7 Å². The smallest absolute Gasteiger partial charge is 0.191 e. The van der Waals surface area contributed by atoms with Crippen LogP contribution >= 0.6 is 24.0 Å². The predicted molar refractivity (Wildman–Crippen MR) is 121 cm³/mol. The Morgan fingerprint density at radius 1 is 1.31 bits per heavy atom. The molecule has 0 bridgehead atoms. The fourth-order valence-corrected chi connectivity index (χ4v) is 3.29. The van der Waals surface area contributed by atoms with Gasteiger partial charge in [0.25, 0.3) is 0 Å². The molecule has 1 aromatic carbocycles. The second kappa shape index (κ2) is 11.6. The topological polar surface area (TPSA) is 48.9 Å². The molecule has 0 aromatic heterocycles.